The molecular weight excluding hydrogens is 330 g/mol. The maximum absolute atomic E-state index is 6.18. The Hall–Kier alpha value is -1.80. The summed E-state index contributed by atoms with van der Waals surface area (Å²) < 4.78 is 6.18. The second kappa shape index (κ2) is 8.06. The fourth-order valence-corrected chi connectivity index (χ4v) is 4.48. The van der Waals surface area contributed by atoms with Gasteiger partial charge in [-0.1, -0.05) is 29.8 Å². The number of hydrogen-bond donors (Lipinski definition) is 1. The fraction of sp³-hybridized carbons (Fsp3) is 0.520. The molecular formula is C25H35NO. The number of aryl methyl sites for hydroxylation is 3. The lowest BCUT2D eigenvalue weighted by atomic mass is 9.97. The van der Waals surface area contributed by atoms with Gasteiger partial charge in [0.1, 0.15) is 11.5 Å². The summed E-state index contributed by atoms with van der Waals surface area (Å²) >= 11 is 0. The summed E-state index contributed by atoms with van der Waals surface area (Å²) in [5.41, 5.74) is 5.30. The third kappa shape index (κ3) is 5.59. The molecule has 1 aliphatic rings. The highest BCUT2D eigenvalue weighted by atomic mass is 16.5. The lowest BCUT2D eigenvalue weighted by molar-refractivity contribution is 0.354. The van der Waals surface area contributed by atoms with Crippen molar-refractivity contribution in [1.29, 1.82) is 0 Å². The summed E-state index contributed by atoms with van der Waals surface area (Å²) in [5.74, 6) is 2.70. The molecule has 0 bridgehead atoms. The Labute approximate surface area is 165 Å². The second-order valence-electron chi connectivity index (χ2n) is 9.45. The van der Waals surface area contributed by atoms with Crippen LogP contribution in [0.5, 0.6) is 11.5 Å². The third-order valence-corrected chi connectivity index (χ3v) is 5.45. The van der Waals surface area contributed by atoms with Crippen molar-refractivity contribution in [3.05, 3.63) is 58.7 Å². The second-order valence-corrected chi connectivity index (χ2v) is 9.45. The zero-order valence-electron chi connectivity index (χ0n) is 17.9. The van der Waals surface area contributed by atoms with E-state index in [0.29, 0.717) is 6.04 Å². The molecule has 0 radical (unpaired) electrons. The first kappa shape index (κ1) is 19.9. The number of hydrogen-bond acceptors (Lipinski definition) is 2. The first-order valence-corrected chi connectivity index (χ1v) is 10.3. The molecule has 1 fully saturated rings. The highest BCUT2D eigenvalue weighted by molar-refractivity contribution is 5.45. The monoisotopic (exact) mass is 365 g/mol. The molecule has 2 aromatic carbocycles. The van der Waals surface area contributed by atoms with Gasteiger partial charge >= 0.3 is 0 Å². The van der Waals surface area contributed by atoms with Crippen LogP contribution in [0.4, 0.5) is 0 Å². The van der Waals surface area contributed by atoms with Crippen molar-refractivity contribution in [2.45, 2.75) is 78.8 Å². The van der Waals surface area contributed by atoms with Crippen LogP contribution in [0.1, 0.15) is 62.3 Å². The molecule has 2 aromatic rings. The third-order valence-electron chi connectivity index (χ3n) is 5.45. The SMILES string of the molecule is Cc1cc(C)c(Oc2ccc(C[C@H]3CC[C@@H](NC(C)(C)C)C3)cc2)c(C)c1. The van der Waals surface area contributed by atoms with Gasteiger partial charge in [0, 0.05) is 11.6 Å². The van der Waals surface area contributed by atoms with Crippen LogP contribution in [-0.2, 0) is 6.42 Å². The van der Waals surface area contributed by atoms with Gasteiger partial charge in [-0.05, 0) is 102 Å². The van der Waals surface area contributed by atoms with E-state index in [1.54, 1.807) is 0 Å². The maximum Gasteiger partial charge on any atom is 0.133 e. The van der Waals surface area contributed by atoms with Crippen LogP contribution in [0.15, 0.2) is 36.4 Å². The maximum atomic E-state index is 6.18. The topological polar surface area (TPSA) is 21.3 Å². The highest BCUT2D eigenvalue weighted by Crippen LogP contribution is 2.32. The van der Waals surface area contributed by atoms with Gasteiger partial charge < -0.3 is 10.1 Å². The molecule has 2 heteroatoms. The van der Waals surface area contributed by atoms with Crippen LogP contribution in [-0.4, -0.2) is 11.6 Å². The van der Waals surface area contributed by atoms with Crippen LogP contribution in [0.3, 0.4) is 0 Å². The quantitative estimate of drug-likeness (QED) is 0.652. The van der Waals surface area contributed by atoms with Gasteiger partial charge in [0.25, 0.3) is 0 Å². The summed E-state index contributed by atoms with van der Waals surface area (Å²) in [5, 5.41) is 3.76. The Morgan fingerprint density at radius 1 is 0.963 bits per heavy atom. The van der Waals surface area contributed by atoms with E-state index in [4.69, 9.17) is 4.74 Å². The molecule has 0 heterocycles. The fourth-order valence-electron chi connectivity index (χ4n) is 4.48. The number of ether oxygens (including phenoxy) is 1. The standard InChI is InChI=1S/C25H35NO/c1-17-13-18(2)24(19(3)14-17)27-23-11-8-20(9-12-23)15-21-7-10-22(16-21)26-25(4,5)6/h8-9,11-14,21-22,26H,7,10,15-16H2,1-6H3/t21-,22-/m1/s1. The Bertz CT molecular complexity index is 747. The summed E-state index contributed by atoms with van der Waals surface area (Å²) in [6, 6.07) is 13.7. The van der Waals surface area contributed by atoms with Crippen LogP contribution in [0.2, 0.25) is 0 Å². The lowest BCUT2D eigenvalue weighted by Crippen LogP contribution is -2.42. The summed E-state index contributed by atoms with van der Waals surface area (Å²) in [7, 11) is 0. The van der Waals surface area contributed by atoms with Crippen LogP contribution in [0, 0.1) is 26.7 Å². The largest absolute Gasteiger partial charge is 0.457 e. The molecule has 0 unspecified atom stereocenters. The van der Waals surface area contributed by atoms with Crippen LogP contribution >= 0.6 is 0 Å². The molecule has 146 valence electrons. The summed E-state index contributed by atoms with van der Waals surface area (Å²) in [6.45, 7) is 13.1. The van der Waals surface area contributed by atoms with Gasteiger partial charge in [-0.2, -0.15) is 0 Å². The first-order valence-electron chi connectivity index (χ1n) is 10.3. The molecule has 0 aliphatic heterocycles. The molecule has 0 aromatic heterocycles. The van der Waals surface area contributed by atoms with E-state index in [-0.39, 0.29) is 5.54 Å². The van der Waals surface area contributed by atoms with Crippen molar-refractivity contribution in [2.75, 3.05) is 0 Å². The van der Waals surface area contributed by atoms with E-state index in [1.165, 1.54) is 47.9 Å². The van der Waals surface area contributed by atoms with Crippen LogP contribution < -0.4 is 10.1 Å². The minimum absolute atomic E-state index is 0.213. The van der Waals surface area contributed by atoms with E-state index in [2.05, 4.69) is 83.3 Å². The smallest absolute Gasteiger partial charge is 0.133 e. The first-order chi connectivity index (χ1) is 12.7. The average molecular weight is 366 g/mol. The molecule has 2 atom stereocenters. The number of rotatable bonds is 5. The molecule has 3 rings (SSSR count). The molecule has 1 saturated carbocycles. The molecule has 1 aliphatic carbocycles. The van der Waals surface area contributed by atoms with Crippen molar-refractivity contribution in [2.24, 2.45) is 5.92 Å². The van der Waals surface area contributed by atoms with E-state index in [9.17, 15) is 0 Å². The van der Waals surface area contributed by atoms with Crippen LogP contribution in [0.25, 0.3) is 0 Å². The summed E-state index contributed by atoms with van der Waals surface area (Å²) in [6.07, 6.45) is 5.09. The molecule has 1 N–H and O–H groups in total. The predicted octanol–water partition coefficient (Wildman–Crippen LogP) is 6.50. The van der Waals surface area contributed by atoms with Gasteiger partial charge in [0.2, 0.25) is 0 Å². The van der Waals surface area contributed by atoms with Crippen molar-refractivity contribution in [3.8, 4) is 11.5 Å². The van der Waals surface area contributed by atoms with E-state index >= 15 is 0 Å². The zero-order valence-corrected chi connectivity index (χ0v) is 17.9. The van der Waals surface area contributed by atoms with Gasteiger partial charge in [0.05, 0.1) is 0 Å². The molecule has 0 saturated heterocycles. The molecule has 0 amide bonds. The number of nitrogens with one attached hydrogen (secondary N) is 1. The van der Waals surface area contributed by atoms with Crippen molar-refractivity contribution >= 4 is 0 Å². The van der Waals surface area contributed by atoms with Gasteiger partial charge in [-0.15, -0.1) is 0 Å². The minimum Gasteiger partial charge on any atom is -0.457 e. The predicted molar refractivity (Wildman–Crippen MR) is 115 cm³/mol. The molecule has 0 spiro atoms. The van der Waals surface area contributed by atoms with Crippen molar-refractivity contribution < 1.29 is 4.74 Å². The van der Waals surface area contributed by atoms with Gasteiger partial charge in [0.15, 0.2) is 0 Å². The molecule has 27 heavy (non-hydrogen) atoms. The summed E-state index contributed by atoms with van der Waals surface area (Å²) in [4.78, 5) is 0. The normalized spacial score (nSPS) is 20.1. The molecule has 2 nitrogen and oxygen atoms in total. The zero-order chi connectivity index (χ0) is 19.6. The Morgan fingerprint density at radius 3 is 2.19 bits per heavy atom. The van der Waals surface area contributed by atoms with E-state index in [1.807, 2.05) is 0 Å². The lowest BCUT2D eigenvalue weighted by Gasteiger charge is -2.26. The van der Waals surface area contributed by atoms with Crippen molar-refractivity contribution in [3.63, 3.8) is 0 Å². The van der Waals surface area contributed by atoms with E-state index < -0.39 is 0 Å². The minimum atomic E-state index is 0.213. The van der Waals surface area contributed by atoms with Crippen molar-refractivity contribution in [1.82, 2.24) is 5.32 Å². The van der Waals surface area contributed by atoms with Gasteiger partial charge in [-0.3, -0.25) is 0 Å². The Morgan fingerprint density at radius 2 is 1.59 bits per heavy atom. The Kier molecular flexibility index (Phi) is 5.95. The highest BCUT2D eigenvalue weighted by Gasteiger charge is 2.27. The van der Waals surface area contributed by atoms with E-state index in [0.717, 1.165) is 17.4 Å². The number of benzene rings is 2. The van der Waals surface area contributed by atoms with Gasteiger partial charge in [-0.25, -0.2) is 0 Å². The average Bonchev–Trinajstić information content (AvgIpc) is 2.97. The Balaban J connectivity index is 1.58.